The zero-order chi connectivity index (χ0) is 12.6. The molecular weight excluding hydrogens is 214 g/mol. The van der Waals surface area contributed by atoms with Crippen LogP contribution in [-0.2, 0) is 14.4 Å². The van der Waals surface area contributed by atoms with Crippen molar-refractivity contribution in [1.82, 2.24) is 0 Å². The van der Waals surface area contributed by atoms with E-state index in [1.54, 1.807) is 0 Å². The van der Waals surface area contributed by atoms with E-state index in [1.807, 2.05) is 0 Å². The van der Waals surface area contributed by atoms with Crippen LogP contribution in [0.4, 0.5) is 0 Å². The molecule has 0 rings (SSSR count). The Bertz CT molecular complexity index is 298. The fourth-order valence-corrected chi connectivity index (χ4v) is 0.869. The van der Waals surface area contributed by atoms with E-state index < -0.39 is 23.8 Å². The maximum absolute atomic E-state index is 11.0. The Morgan fingerprint density at radius 3 is 2.38 bits per heavy atom. The highest BCUT2D eigenvalue weighted by Crippen LogP contribution is 2.00. The summed E-state index contributed by atoms with van der Waals surface area (Å²) in [6.45, 7) is 1.52. The standard InChI is InChI=1S/C10H15NO5/c1-7(10(15)16)5-6-11-8(12)3-2-4-9(13)14/h6-7H,2-5H2,1H3,(H,13,14)(H,15,16)/t7-/m1/s1. The Kier molecular flexibility index (Phi) is 6.74. The molecule has 0 unspecified atom stereocenters. The molecule has 2 N–H and O–H groups in total. The molecule has 0 aliphatic heterocycles. The summed E-state index contributed by atoms with van der Waals surface area (Å²) in [4.78, 5) is 35.1. The number of carbonyl (C=O) groups excluding carboxylic acids is 1. The number of amides is 1. The number of carbonyl (C=O) groups is 3. The van der Waals surface area contributed by atoms with E-state index in [2.05, 4.69) is 4.99 Å². The molecule has 0 saturated carbocycles. The van der Waals surface area contributed by atoms with Gasteiger partial charge in [-0.05, 0) is 12.8 Å². The van der Waals surface area contributed by atoms with Crippen molar-refractivity contribution in [3.63, 3.8) is 0 Å². The van der Waals surface area contributed by atoms with Crippen molar-refractivity contribution in [2.75, 3.05) is 0 Å². The van der Waals surface area contributed by atoms with Gasteiger partial charge in [0.2, 0.25) is 5.91 Å². The second-order valence-corrected chi connectivity index (χ2v) is 3.43. The Labute approximate surface area is 93.0 Å². The first-order chi connectivity index (χ1) is 7.43. The first kappa shape index (κ1) is 14.3. The number of aliphatic carboxylic acids is 2. The minimum absolute atomic E-state index is 0.0627. The van der Waals surface area contributed by atoms with Crippen molar-refractivity contribution in [3.8, 4) is 0 Å². The summed E-state index contributed by atoms with van der Waals surface area (Å²) in [6, 6.07) is 0. The third kappa shape index (κ3) is 7.66. The number of hydrogen-bond acceptors (Lipinski definition) is 3. The van der Waals surface area contributed by atoms with Gasteiger partial charge < -0.3 is 10.2 Å². The van der Waals surface area contributed by atoms with Gasteiger partial charge in [-0.1, -0.05) is 6.92 Å². The first-order valence-corrected chi connectivity index (χ1v) is 4.93. The van der Waals surface area contributed by atoms with E-state index in [9.17, 15) is 14.4 Å². The number of rotatable bonds is 7. The van der Waals surface area contributed by atoms with Crippen molar-refractivity contribution in [1.29, 1.82) is 0 Å². The molecule has 0 aromatic rings. The molecule has 90 valence electrons. The SMILES string of the molecule is C[C@H](CC=NC(=O)CCCC(=O)O)C(=O)O. The molecule has 0 heterocycles. The van der Waals surface area contributed by atoms with Crippen LogP contribution in [0, 0.1) is 5.92 Å². The molecule has 0 aliphatic rings. The molecule has 0 spiro atoms. The largest absolute Gasteiger partial charge is 0.481 e. The van der Waals surface area contributed by atoms with Crippen LogP contribution in [0.5, 0.6) is 0 Å². The number of carboxylic acid groups (broad SMARTS) is 2. The molecule has 6 heteroatoms. The number of aliphatic imine (C=N–C) groups is 1. The van der Waals surface area contributed by atoms with Gasteiger partial charge >= 0.3 is 11.9 Å². The third-order valence-corrected chi connectivity index (χ3v) is 1.90. The highest BCUT2D eigenvalue weighted by molar-refractivity contribution is 5.86. The van der Waals surface area contributed by atoms with Gasteiger partial charge in [0.15, 0.2) is 0 Å². The van der Waals surface area contributed by atoms with Crippen molar-refractivity contribution >= 4 is 24.1 Å². The molecule has 0 aliphatic carbocycles. The average molecular weight is 229 g/mol. The Hall–Kier alpha value is -1.72. The van der Waals surface area contributed by atoms with Gasteiger partial charge in [0.25, 0.3) is 0 Å². The molecule has 0 radical (unpaired) electrons. The van der Waals surface area contributed by atoms with E-state index in [-0.39, 0.29) is 25.7 Å². The molecular formula is C10H15NO5. The average Bonchev–Trinajstić information content (AvgIpc) is 2.16. The Balaban J connectivity index is 3.74. The van der Waals surface area contributed by atoms with E-state index in [0.717, 1.165) is 0 Å². The maximum Gasteiger partial charge on any atom is 0.306 e. The molecule has 16 heavy (non-hydrogen) atoms. The molecule has 0 bridgehead atoms. The monoisotopic (exact) mass is 229 g/mol. The van der Waals surface area contributed by atoms with Gasteiger partial charge in [-0.3, -0.25) is 14.4 Å². The summed E-state index contributed by atoms with van der Waals surface area (Å²) in [5, 5.41) is 16.9. The maximum atomic E-state index is 11.0. The molecule has 1 amide bonds. The lowest BCUT2D eigenvalue weighted by Gasteiger charge is -1.99. The summed E-state index contributed by atoms with van der Waals surface area (Å²) >= 11 is 0. The van der Waals surface area contributed by atoms with Gasteiger partial charge in [0.05, 0.1) is 5.92 Å². The predicted molar refractivity (Wildman–Crippen MR) is 56.4 cm³/mol. The van der Waals surface area contributed by atoms with E-state index in [1.165, 1.54) is 13.1 Å². The second-order valence-electron chi connectivity index (χ2n) is 3.43. The van der Waals surface area contributed by atoms with Gasteiger partial charge in [0, 0.05) is 19.1 Å². The number of hydrogen-bond donors (Lipinski definition) is 2. The summed E-state index contributed by atoms with van der Waals surface area (Å²) < 4.78 is 0. The summed E-state index contributed by atoms with van der Waals surface area (Å²) in [5.74, 6) is -2.88. The quantitative estimate of drug-likeness (QED) is 0.632. The molecule has 0 saturated heterocycles. The van der Waals surface area contributed by atoms with E-state index >= 15 is 0 Å². The minimum atomic E-state index is -0.948. The van der Waals surface area contributed by atoms with Crippen LogP contribution in [0.15, 0.2) is 4.99 Å². The highest BCUT2D eigenvalue weighted by Gasteiger charge is 2.08. The van der Waals surface area contributed by atoms with Gasteiger partial charge in [-0.15, -0.1) is 0 Å². The molecule has 0 aromatic carbocycles. The van der Waals surface area contributed by atoms with Crippen LogP contribution < -0.4 is 0 Å². The van der Waals surface area contributed by atoms with Crippen molar-refractivity contribution < 1.29 is 24.6 Å². The van der Waals surface area contributed by atoms with Crippen LogP contribution in [0.1, 0.15) is 32.6 Å². The molecule has 1 atom stereocenters. The summed E-state index contributed by atoms with van der Waals surface area (Å²) in [7, 11) is 0. The topological polar surface area (TPSA) is 104 Å². The predicted octanol–water partition coefficient (Wildman–Crippen LogP) is 0.950. The normalized spacial score (nSPS) is 12.6. The minimum Gasteiger partial charge on any atom is -0.481 e. The highest BCUT2D eigenvalue weighted by atomic mass is 16.4. The summed E-state index contributed by atoms with van der Waals surface area (Å²) in [5.41, 5.74) is 0. The second kappa shape index (κ2) is 7.56. The fraction of sp³-hybridized carbons (Fsp3) is 0.600. The van der Waals surface area contributed by atoms with E-state index in [0.29, 0.717) is 0 Å². The lowest BCUT2D eigenvalue weighted by atomic mass is 10.1. The Morgan fingerprint density at radius 2 is 1.88 bits per heavy atom. The molecule has 0 fully saturated rings. The Morgan fingerprint density at radius 1 is 1.25 bits per heavy atom. The van der Waals surface area contributed by atoms with E-state index in [4.69, 9.17) is 10.2 Å². The molecule has 0 aromatic heterocycles. The van der Waals surface area contributed by atoms with Crippen molar-refractivity contribution in [2.45, 2.75) is 32.6 Å². The lowest BCUT2D eigenvalue weighted by molar-refractivity contribution is -0.141. The van der Waals surface area contributed by atoms with Crippen molar-refractivity contribution in [3.05, 3.63) is 0 Å². The van der Waals surface area contributed by atoms with Crippen molar-refractivity contribution in [2.24, 2.45) is 10.9 Å². The zero-order valence-electron chi connectivity index (χ0n) is 9.05. The lowest BCUT2D eigenvalue weighted by Crippen LogP contribution is -2.09. The fourth-order valence-electron chi connectivity index (χ4n) is 0.869. The summed E-state index contributed by atoms with van der Waals surface area (Å²) in [6.07, 6.45) is 1.72. The van der Waals surface area contributed by atoms with Crippen LogP contribution in [0.2, 0.25) is 0 Å². The van der Waals surface area contributed by atoms with Gasteiger partial charge in [-0.2, -0.15) is 0 Å². The van der Waals surface area contributed by atoms with Crippen LogP contribution in [0.3, 0.4) is 0 Å². The van der Waals surface area contributed by atoms with Gasteiger partial charge in [0.1, 0.15) is 0 Å². The smallest absolute Gasteiger partial charge is 0.306 e. The first-order valence-electron chi connectivity index (χ1n) is 4.93. The zero-order valence-corrected chi connectivity index (χ0v) is 9.05. The van der Waals surface area contributed by atoms with Crippen LogP contribution in [0.25, 0.3) is 0 Å². The van der Waals surface area contributed by atoms with Gasteiger partial charge in [-0.25, -0.2) is 4.99 Å². The number of carboxylic acids is 2. The number of nitrogens with zero attached hydrogens (tertiary/aromatic N) is 1. The third-order valence-electron chi connectivity index (χ3n) is 1.90. The molecule has 6 nitrogen and oxygen atoms in total. The van der Waals surface area contributed by atoms with Crippen LogP contribution >= 0.6 is 0 Å². The van der Waals surface area contributed by atoms with Crippen LogP contribution in [-0.4, -0.2) is 34.3 Å².